The summed E-state index contributed by atoms with van der Waals surface area (Å²) in [5, 5.41) is 0. The maximum absolute atomic E-state index is 13.0. The molecular weight excluding hydrogens is 372 g/mol. The quantitative estimate of drug-likeness (QED) is 0.744. The Morgan fingerprint density at radius 1 is 0.893 bits per heavy atom. The first-order chi connectivity index (χ1) is 13.3. The van der Waals surface area contributed by atoms with E-state index in [2.05, 4.69) is 0 Å². The summed E-state index contributed by atoms with van der Waals surface area (Å²) < 4.78 is 27.4. The average molecular weight is 399 g/mol. The Morgan fingerprint density at radius 3 is 2.14 bits per heavy atom. The summed E-state index contributed by atoms with van der Waals surface area (Å²) in [5.74, 6) is -0.0932. The molecule has 1 amide bonds. The highest BCUT2D eigenvalue weighted by Crippen LogP contribution is 2.22. The van der Waals surface area contributed by atoms with Gasteiger partial charge in [0.25, 0.3) is 0 Å². The van der Waals surface area contributed by atoms with Gasteiger partial charge in [0, 0.05) is 32.3 Å². The van der Waals surface area contributed by atoms with Gasteiger partial charge in [0.15, 0.2) is 0 Å². The number of carbonyl (C=O) groups is 1. The largest absolute Gasteiger partial charge is 0.337 e. The zero-order chi connectivity index (χ0) is 20.3. The van der Waals surface area contributed by atoms with Crippen molar-refractivity contribution >= 4 is 22.0 Å². The van der Waals surface area contributed by atoms with Gasteiger partial charge in [-0.05, 0) is 49.6 Å². The Bertz CT molecular complexity index is 987. The fourth-order valence-corrected chi connectivity index (χ4v) is 4.96. The predicted octanol–water partition coefficient (Wildman–Crippen LogP) is 3.16. The number of hydrogen-bond donors (Lipinski definition) is 0. The fourth-order valence-electron chi connectivity index (χ4n) is 3.22. The standard InChI is InChI=1S/C22H26N2O3S/c1-17-5-8-20(9-6-17)10-11-22(25)23-12-14-24(15-13-23)28(26,27)21-16-18(2)4-7-19(21)3/h4-11,16H,12-15H2,1-3H3/b11-10+. The van der Waals surface area contributed by atoms with E-state index in [0.717, 1.165) is 16.7 Å². The molecule has 1 heterocycles. The zero-order valence-electron chi connectivity index (χ0n) is 16.6. The maximum Gasteiger partial charge on any atom is 0.246 e. The van der Waals surface area contributed by atoms with Gasteiger partial charge in [0.05, 0.1) is 4.90 Å². The minimum Gasteiger partial charge on any atom is -0.337 e. The Kier molecular flexibility index (Phi) is 6.01. The molecule has 0 aromatic heterocycles. The molecule has 2 aromatic rings. The number of sulfonamides is 1. The summed E-state index contributed by atoms with van der Waals surface area (Å²) in [6.45, 7) is 7.10. The van der Waals surface area contributed by atoms with Gasteiger partial charge < -0.3 is 4.90 Å². The fraction of sp³-hybridized carbons (Fsp3) is 0.318. The maximum atomic E-state index is 13.0. The van der Waals surface area contributed by atoms with Gasteiger partial charge in [0.2, 0.25) is 15.9 Å². The second-order valence-electron chi connectivity index (χ2n) is 7.24. The highest BCUT2D eigenvalue weighted by molar-refractivity contribution is 7.89. The Morgan fingerprint density at radius 2 is 1.50 bits per heavy atom. The average Bonchev–Trinajstić information content (AvgIpc) is 2.69. The van der Waals surface area contributed by atoms with Crippen molar-refractivity contribution in [3.63, 3.8) is 0 Å². The van der Waals surface area contributed by atoms with Crippen LogP contribution < -0.4 is 0 Å². The summed E-state index contributed by atoms with van der Waals surface area (Å²) in [4.78, 5) is 14.5. The smallest absolute Gasteiger partial charge is 0.246 e. The van der Waals surface area contributed by atoms with Crippen molar-refractivity contribution in [1.82, 2.24) is 9.21 Å². The van der Waals surface area contributed by atoms with Crippen LogP contribution >= 0.6 is 0 Å². The molecule has 0 saturated carbocycles. The molecule has 0 N–H and O–H groups in total. The second-order valence-corrected chi connectivity index (χ2v) is 9.15. The van der Waals surface area contributed by atoms with Gasteiger partial charge in [-0.25, -0.2) is 8.42 Å². The van der Waals surface area contributed by atoms with E-state index < -0.39 is 10.0 Å². The highest BCUT2D eigenvalue weighted by atomic mass is 32.2. The van der Waals surface area contributed by atoms with Gasteiger partial charge >= 0.3 is 0 Å². The molecule has 1 fully saturated rings. The van der Waals surface area contributed by atoms with Gasteiger partial charge in [0.1, 0.15) is 0 Å². The van der Waals surface area contributed by atoms with Crippen molar-refractivity contribution in [3.8, 4) is 0 Å². The van der Waals surface area contributed by atoms with Crippen molar-refractivity contribution in [2.45, 2.75) is 25.7 Å². The summed E-state index contributed by atoms with van der Waals surface area (Å²) in [5.41, 5.74) is 3.80. The monoisotopic (exact) mass is 398 g/mol. The Labute approximate surface area is 167 Å². The molecule has 1 saturated heterocycles. The van der Waals surface area contributed by atoms with E-state index in [-0.39, 0.29) is 5.91 Å². The second kappa shape index (κ2) is 8.29. The number of carbonyl (C=O) groups excluding carboxylic acids is 1. The lowest BCUT2D eigenvalue weighted by atomic mass is 10.1. The lowest BCUT2D eigenvalue weighted by molar-refractivity contribution is -0.127. The minimum atomic E-state index is -3.55. The molecule has 0 radical (unpaired) electrons. The molecule has 0 unspecified atom stereocenters. The molecular formula is C22H26N2O3S. The number of benzene rings is 2. The molecule has 148 valence electrons. The lowest BCUT2D eigenvalue weighted by Gasteiger charge is -2.33. The Hall–Kier alpha value is -2.44. The topological polar surface area (TPSA) is 57.7 Å². The van der Waals surface area contributed by atoms with E-state index in [9.17, 15) is 13.2 Å². The molecule has 6 heteroatoms. The zero-order valence-corrected chi connectivity index (χ0v) is 17.4. The summed E-state index contributed by atoms with van der Waals surface area (Å²) in [6.07, 6.45) is 3.35. The third-order valence-electron chi connectivity index (χ3n) is 5.01. The predicted molar refractivity (Wildman–Crippen MR) is 111 cm³/mol. The molecule has 2 aromatic carbocycles. The third-order valence-corrected chi connectivity index (χ3v) is 7.05. The molecule has 5 nitrogen and oxygen atoms in total. The van der Waals surface area contributed by atoms with Crippen molar-refractivity contribution in [2.75, 3.05) is 26.2 Å². The first kappa shape index (κ1) is 20.3. The van der Waals surface area contributed by atoms with Crippen molar-refractivity contribution < 1.29 is 13.2 Å². The van der Waals surface area contributed by atoms with E-state index in [1.165, 1.54) is 9.87 Å². The third kappa shape index (κ3) is 4.51. The van der Waals surface area contributed by atoms with Crippen LogP contribution in [-0.4, -0.2) is 49.7 Å². The molecule has 0 aliphatic carbocycles. The number of aryl methyl sites for hydroxylation is 3. The summed E-state index contributed by atoms with van der Waals surface area (Å²) in [7, 11) is -3.55. The van der Waals surface area contributed by atoms with E-state index in [1.807, 2.05) is 57.2 Å². The molecule has 1 aliphatic heterocycles. The molecule has 0 spiro atoms. The van der Waals surface area contributed by atoms with Crippen LogP contribution in [0.5, 0.6) is 0 Å². The van der Waals surface area contributed by atoms with Crippen molar-refractivity contribution in [2.24, 2.45) is 0 Å². The van der Waals surface area contributed by atoms with E-state index in [1.54, 1.807) is 23.1 Å². The van der Waals surface area contributed by atoms with Crippen LogP contribution in [0.4, 0.5) is 0 Å². The summed E-state index contributed by atoms with van der Waals surface area (Å²) in [6, 6.07) is 13.4. The molecule has 1 aliphatic rings. The van der Waals surface area contributed by atoms with Crippen LogP contribution in [0, 0.1) is 20.8 Å². The number of amides is 1. The van der Waals surface area contributed by atoms with Crippen molar-refractivity contribution in [3.05, 3.63) is 70.8 Å². The number of nitrogens with zero attached hydrogens (tertiary/aromatic N) is 2. The highest BCUT2D eigenvalue weighted by Gasteiger charge is 2.30. The lowest BCUT2D eigenvalue weighted by Crippen LogP contribution is -2.50. The van der Waals surface area contributed by atoms with Crippen LogP contribution in [0.2, 0.25) is 0 Å². The van der Waals surface area contributed by atoms with Crippen LogP contribution in [0.1, 0.15) is 22.3 Å². The summed E-state index contributed by atoms with van der Waals surface area (Å²) >= 11 is 0. The number of piperazine rings is 1. The Balaban J connectivity index is 1.64. The van der Waals surface area contributed by atoms with Crippen LogP contribution in [0.15, 0.2) is 53.4 Å². The van der Waals surface area contributed by atoms with E-state index in [4.69, 9.17) is 0 Å². The van der Waals surface area contributed by atoms with Crippen LogP contribution in [0.25, 0.3) is 6.08 Å². The van der Waals surface area contributed by atoms with E-state index in [0.29, 0.717) is 31.1 Å². The molecule has 28 heavy (non-hydrogen) atoms. The molecule has 3 rings (SSSR count). The van der Waals surface area contributed by atoms with Gasteiger partial charge in [-0.15, -0.1) is 0 Å². The number of rotatable bonds is 4. The first-order valence-electron chi connectivity index (χ1n) is 9.38. The SMILES string of the molecule is Cc1ccc(/C=C/C(=O)N2CCN(S(=O)(=O)c3cc(C)ccc3C)CC2)cc1. The van der Waals surface area contributed by atoms with Crippen LogP contribution in [-0.2, 0) is 14.8 Å². The van der Waals surface area contributed by atoms with E-state index >= 15 is 0 Å². The van der Waals surface area contributed by atoms with Crippen molar-refractivity contribution in [1.29, 1.82) is 0 Å². The van der Waals surface area contributed by atoms with Gasteiger partial charge in [-0.2, -0.15) is 4.31 Å². The van der Waals surface area contributed by atoms with Crippen LogP contribution in [0.3, 0.4) is 0 Å². The molecule has 0 bridgehead atoms. The normalized spacial score (nSPS) is 15.9. The molecule has 0 atom stereocenters. The van der Waals surface area contributed by atoms with Gasteiger partial charge in [-0.1, -0.05) is 42.0 Å². The minimum absolute atomic E-state index is 0.0932. The van der Waals surface area contributed by atoms with Gasteiger partial charge in [-0.3, -0.25) is 4.79 Å². The first-order valence-corrected chi connectivity index (χ1v) is 10.8. The number of hydrogen-bond acceptors (Lipinski definition) is 3.